The molecule has 0 fully saturated rings. The van der Waals surface area contributed by atoms with Crippen LogP contribution in [0.5, 0.6) is 0 Å². The molecule has 3 rings (SSSR count). The SMILES string of the molecule is Cc1cccc(S(=O)(=O)NCCC(=O)NCc2cccnc2-c2cccs2)c1. The van der Waals surface area contributed by atoms with Crippen molar-refractivity contribution < 1.29 is 13.2 Å². The minimum Gasteiger partial charge on any atom is -0.352 e. The van der Waals surface area contributed by atoms with Crippen LogP contribution in [0.3, 0.4) is 0 Å². The highest BCUT2D eigenvalue weighted by molar-refractivity contribution is 7.89. The third-order valence-electron chi connectivity index (χ3n) is 4.07. The van der Waals surface area contributed by atoms with E-state index < -0.39 is 10.0 Å². The maximum atomic E-state index is 12.3. The summed E-state index contributed by atoms with van der Waals surface area (Å²) in [5, 5.41) is 4.81. The molecule has 0 aliphatic rings. The number of nitrogens with one attached hydrogen (secondary N) is 2. The van der Waals surface area contributed by atoms with Crippen LogP contribution in [0.15, 0.2) is 65.0 Å². The van der Waals surface area contributed by atoms with Crippen molar-refractivity contribution >= 4 is 27.3 Å². The topological polar surface area (TPSA) is 88.2 Å². The van der Waals surface area contributed by atoms with Crippen molar-refractivity contribution in [3.63, 3.8) is 0 Å². The highest BCUT2D eigenvalue weighted by atomic mass is 32.2. The van der Waals surface area contributed by atoms with E-state index in [4.69, 9.17) is 0 Å². The highest BCUT2D eigenvalue weighted by Gasteiger charge is 2.14. The molecule has 8 heteroatoms. The van der Waals surface area contributed by atoms with Crippen molar-refractivity contribution in [3.05, 3.63) is 71.2 Å². The maximum absolute atomic E-state index is 12.3. The molecule has 0 atom stereocenters. The number of nitrogens with zero attached hydrogens (tertiary/aromatic N) is 1. The summed E-state index contributed by atoms with van der Waals surface area (Å²) in [4.78, 5) is 17.8. The predicted molar refractivity (Wildman–Crippen MR) is 110 cm³/mol. The summed E-state index contributed by atoms with van der Waals surface area (Å²) in [5.74, 6) is -0.229. The van der Waals surface area contributed by atoms with Crippen LogP contribution in [-0.4, -0.2) is 25.9 Å². The van der Waals surface area contributed by atoms with Gasteiger partial charge in [0, 0.05) is 25.7 Å². The van der Waals surface area contributed by atoms with Crippen molar-refractivity contribution in [1.29, 1.82) is 0 Å². The third kappa shape index (κ3) is 5.25. The number of sulfonamides is 1. The zero-order valence-electron chi connectivity index (χ0n) is 15.4. The van der Waals surface area contributed by atoms with E-state index >= 15 is 0 Å². The monoisotopic (exact) mass is 415 g/mol. The van der Waals surface area contributed by atoms with Crippen LogP contribution in [-0.2, 0) is 21.4 Å². The minimum atomic E-state index is -3.62. The number of hydrogen-bond donors (Lipinski definition) is 2. The molecule has 2 heterocycles. The van der Waals surface area contributed by atoms with Gasteiger partial charge in [0.25, 0.3) is 0 Å². The van der Waals surface area contributed by atoms with Gasteiger partial charge in [0.05, 0.1) is 15.5 Å². The van der Waals surface area contributed by atoms with E-state index in [9.17, 15) is 13.2 Å². The zero-order valence-corrected chi connectivity index (χ0v) is 17.0. The molecule has 0 aliphatic heterocycles. The summed E-state index contributed by atoms with van der Waals surface area (Å²) in [6, 6.07) is 14.3. The van der Waals surface area contributed by atoms with Gasteiger partial charge in [-0.25, -0.2) is 13.1 Å². The van der Waals surface area contributed by atoms with Crippen molar-refractivity contribution in [2.75, 3.05) is 6.54 Å². The summed E-state index contributed by atoms with van der Waals surface area (Å²) in [5.41, 5.74) is 2.62. The highest BCUT2D eigenvalue weighted by Crippen LogP contribution is 2.25. The molecule has 2 aromatic heterocycles. The maximum Gasteiger partial charge on any atom is 0.240 e. The van der Waals surface area contributed by atoms with Crippen LogP contribution >= 0.6 is 11.3 Å². The normalized spacial score (nSPS) is 11.3. The zero-order chi connectivity index (χ0) is 20.0. The van der Waals surface area contributed by atoms with E-state index in [1.165, 1.54) is 6.07 Å². The summed E-state index contributed by atoms with van der Waals surface area (Å²) in [6.07, 6.45) is 1.78. The Hall–Kier alpha value is -2.55. The number of amides is 1. The number of hydrogen-bond acceptors (Lipinski definition) is 5. The Morgan fingerprint density at radius 2 is 2.00 bits per heavy atom. The van der Waals surface area contributed by atoms with E-state index in [0.29, 0.717) is 6.54 Å². The molecule has 146 valence electrons. The molecule has 0 radical (unpaired) electrons. The number of thiophene rings is 1. The van der Waals surface area contributed by atoms with Gasteiger partial charge in [-0.1, -0.05) is 24.3 Å². The Balaban J connectivity index is 1.52. The Kier molecular flexibility index (Phi) is 6.56. The largest absolute Gasteiger partial charge is 0.352 e. The van der Waals surface area contributed by atoms with Gasteiger partial charge < -0.3 is 5.32 Å². The van der Waals surface area contributed by atoms with Gasteiger partial charge in [-0.2, -0.15) is 0 Å². The molecule has 1 amide bonds. The fourth-order valence-electron chi connectivity index (χ4n) is 2.66. The first kappa shape index (κ1) is 20.2. The molecule has 1 aromatic carbocycles. The Morgan fingerprint density at radius 1 is 1.14 bits per heavy atom. The van der Waals surface area contributed by atoms with Crippen molar-refractivity contribution in [1.82, 2.24) is 15.0 Å². The first-order chi connectivity index (χ1) is 13.5. The summed E-state index contributed by atoms with van der Waals surface area (Å²) >= 11 is 1.59. The van der Waals surface area contributed by atoms with Crippen LogP contribution in [0, 0.1) is 6.92 Å². The van der Waals surface area contributed by atoms with Gasteiger partial charge in [0.1, 0.15) is 0 Å². The first-order valence-corrected chi connectivity index (χ1v) is 11.1. The van der Waals surface area contributed by atoms with Crippen molar-refractivity contribution in [3.8, 4) is 10.6 Å². The summed E-state index contributed by atoms with van der Waals surface area (Å²) in [6.45, 7) is 2.20. The van der Waals surface area contributed by atoms with Gasteiger partial charge in [-0.15, -0.1) is 11.3 Å². The molecule has 0 aliphatic carbocycles. The van der Waals surface area contributed by atoms with Gasteiger partial charge in [0.2, 0.25) is 15.9 Å². The van der Waals surface area contributed by atoms with E-state index in [1.54, 1.807) is 29.7 Å². The lowest BCUT2D eigenvalue weighted by Gasteiger charge is -2.10. The number of benzene rings is 1. The fourth-order valence-corrected chi connectivity index (χ4v) is 4.56. The molecular formula is C20H21N3O3S2. The summed E-state index contributed by atoms with van der Waals surface area (Å²) in [7, 11) is -3.62. The molecule has 0 saturated carbocycles. The predicted octanol–water partition coefficient (Wildman–Crippen LogP) is 3.10. The molecule has 0 spiro atoms. The van der Waals surface area contributed by atoms with Crippen molar-refractivity contribution in [2.24, 2.45) is 0 Å². The standard InChI is InChI=1S/C20H21N3O3S2/c1-15-5-2-7-17(13-15)28(25,26)23-11-9-19(24)22-14-16-6-3-10-21-20(16)18-8-4-12-27-18/h2-8,10,12-13,23H,9,11,14H2,1H3,(H,22,24). The second kappa shape index (κ2) is 9.09. The molecule has 0 unspecified atom stereocenters. The van der Waals surface area contributed by atoms with E-state index in [1.807, 2.05) is 42.6 Å². The van der Waals surface area contributed by atoms with E-state index in [0.717, 1.165) is 21.7 Å². The summed E-state index contributed by atoms with van der Waals surface area (Å²) < 4.78 is 27.0. The smallest absolute Gasteiger partial charge is 0.240 e. The van der Waals surface area contributed by atoms with Crippen LogP contribution in [0.2, 0.25) is 0 Å². The second-order valence-electron chi connectivity index (χ2n) is 6.23. The van der Waals surface area contributed by atoms with Gasteiger partial charge in [-0.3, -0.25) is 9.78 Å². The molecule has 0 saturated heterocycles. The lowest BCUT2D eigenvalue weighted by atomic mass is 10.1. The quantitative estimate of drug-likeness (QED) is 0.592. The molecule has 3 aromatic rings. The number of pyridine rings is 1. The third-order valence-corrected chi connectivity index (χ3v) is 6.40. The van der Waals surface area contributed by atoms with Crippen LogP contribution in [0.1, 0.15) is 17.5 Å². The van der Waals surface area contributed by atoms with Crippen LogP contribution in [0.25, 0.3) is 10.6 Å². The molecule has 28 heavy (non-hydrogen) atoms. The first-order valence-electron chi connectivity index (χ1n) is 8.76. The van der Waals surface area contributed by atoms with Gasteiger partial charge in [-0.05, 0) is 47.7 Å². The Morgan fingerprint density at radius 3 is 2.75 bits per heavy atom. The average molecular weight is 416 g/mol. The van der Waals surface area contributed by atoms with Crippen LogP contribution in [0.4, 0.5) is 0 Å². The van der Waals surface area contributed by atoms with Gasteiger partial charge >= 0.3 is 0 Å². The number of aryl methyl sites for hydroxylation is 1. The Bertz CT molecular complexity index is 1050. The van der Waals surface area contributed by atoms with E-state index in [-0.39, 0.29) is 23.8 Å². The molecular weight excluding hydrogens is 394 g/mol. The second-order valence-corrected chi connectivity index (χ2v) is 8.94. The number of aromatic nitrogens is 1. The number of carbonyl (C=O) groups is 1. The fraction of sp³-hybridized carbons (Fsp3) is 0.200. The average Bonchev–Trinajstić information content (AvgIpc) is 3.21. The molecule has 2 N–H and O–H groups in total. The lowest BCUT2D eigenvalue weighted by Crippen LogP contribution is -2.30. The molecule has 0 bridgehead atoms. The van der Waals surface area contributed by atoms with Crippen LogP contribution < -0.4 is 10.0 Å². The lowest BCUT2D eigenvalue weighted by molar-refractivity contribution is -0.121. The number of carbonyl (C=O) groups excluding carboxylic acids is 1. The molecule has 6 nitrogen and oxygen atoms in total. The van der Waals surface area contributed by atoms with Gasteiger partial charge in [0.15, 0.2) is 0 Å². The number of rotatable bonds is 8. The van der Waals surface area contributed by atoms with Crippen molar-refractivity contribution in [2.45, 2.75) is 24.8 Å². The minimum absolute atomic E-state index is 0.0347. The van der Waals surface area contributed by atoms with E-state index in [2.05, 4.69) is 15.0 Å². The Labute approximate surface area is 168 Å².